The van der Waals surface area contributed by atoms with Crippen molar-refractivity contribution in [1.82, 2.24) is 4.90 Å². The minimum Gasteiger partial charge on any atom is -0.492 e. The monoisotopic (exact) mass is 277 g/mol. The van der Waals surface area contributed by atoms with Crippen molar-refractivity contribution < 1.29 is 9.94 Å². The van der Waals surface area contributed by atoms with E-state index in [0.717, 1.165) is 12.3 Å². The molecule has 20 heavy (non-hydrogen) atoms. The molecule has 0 spiro atoms. The van der Waals surface area contributed by atoms with E-state index in [-0.39, 0.29) is 5.84 Å². The molecule has 0 atom stereocenters. The molecule has 5 heteroatoms. The third-order valence-corrected chi connectivity index (χ3v) is 3.73. The molecule has 0 amide bonds. The van der Waals surface area contributed by atoms with Crippen LogP contribution in [0, 0.1) is 0 Å². The first kappa shape index (κ1) is 14.7. The molecule has 1 aliphatic rings. The Labute approximate surface area is 120 Å². The molecule has 2 rings (SSSR count). The van der Waals surface area contributed by atoms with Crippen LogP contribution in [0.25, 0.3) is 0 Å². The summed E-state index contributed by atoms with van der Waals surface area (Å²) < 4.78 is 5.73. The Morgan fingerprint density at radius 3 is 2.65 bits per heavy atom. The van der Waals surface area contributed by atoms with Gasteiger partial charge in [-0.2, -0.15) is 0 Å². The SMILES string of the molecule is NC(CN(CCOc1ccccc1)C1CCCC1)=NO. The first-order valence-corrected chi connectivity index (χ1v) is 7.18. The molecule has 1 aromatic carbocycles. The highest BCUT2D eigenvalue weighted by Gasteiger charge is 2.23. The van der Waals surface area contributed by atoms with E-state index in [9.17, 15) is 0 Å². The van der Waals surface area contributed by atoms with Crippen LogP contribution in [-0.4, -0.2) is 41.7 Å². The maximum atomic E-state index is 8.73. The molecule has 0 heterocycles. The molecule has 1 aliphatic carbocycles. The number of amidine groups is 1. The second kappa shape index (κ2) is 7.75. The summed E-state index contributed by atoms with van der Waals surface area (Å²) in [5.41, 5.74) is 5.64. The van der Waals surface area contributed by atoms with Crippen LogP contribution < -0.4 is 10.5 Å². The Bertz CT molecular complexity index is 416. The summed E-state index contributed by atoms with van der Waals surface area (Å²) in [4.78, 5) is 2.25. The summed E-state index contributed by atoms with van der Waals surface area (Å²) in [5.74, 6) is 1.14. The molecule has 5 nitrogen and oxygen atoms in total. The van der Waals surface area contributed by atoms with Gasteiger partial charge in [-0.3, -0.25) is 4.90 Å². The normalized spacial score (nSPS) is 16.8. The van der Waals surface area contributed by atoms with Crippen LogP contribution >= 0.6 is 0 Å². The zero-order valence-corrected chi connectivity index (χ0v) is 11.7. The van der Waals surface area contributed by atoms with Gasteiger partial charge in [-0.1, -0.05) is 36.2 Å². The van der Waals surface area contributed by atoms with Gasteiger partial charge >= 0.3 is 0 Å². The molecule has 1 fully saturated rings. The highest BCUT2D eigenvalue weighted by Crippen LogP contribution is 2.23. The summed E-state index contributed by atoms with van der Waals surface area (Å²) in [6.45, 7) is 1.90. The van der Waals surface area contributed by atoms with E-state index in [0.29, 0.717) is 19.2 Å². The fourth-order valence-corrected chi connectivity index (χ4v) is 2.70. The van der Waals surface area contributed by atoms with Gasteiger partial charge in [0.05, 0.1) is 6.54 Å². The first-order chi connectivity index (χ1) is 9.79. The summed E-state index contributed by atoms with van der Waals surface area (Å²) in [5, 5.41) is 11.8. The molecule has 0 radical (unpaired) electrons. The Morgan fingerprint density at radius 2 is 2.00 bits per heavy atom. The van der Waals surface area contributed by atoms with E-state index in [1.807, 2.05) is 30.3 Å². The van der Waals surface area contributed by atoms with Crippen LogP contribution in [0.3, 0.4) is 0 Å². The zero-order valence-electron chi connectivity index (χ0n) is 11.7. The van der Waals surface area contributed by atoms with Crippen LogP contribution in [0.4, 0.5) is 0 Å². The molecule has 110 valence electrons. The van der Waals surface area contributed by atoms with Crippen LogP contribution in [0.1, 0.15) is 25.7 Å². The average Bonchev–Trinajstić information content (AvgIpc) is 3.01. The molecule has 0 unspecified atom stereocenters. The van der Waals surface area contributed by atoms with E-state index in [4.69, 9.17) is 15.7 Å². The lowest BCUT2D eigenvalue weighted by Gasteiger charge is -2.28. The smallest absolute Gasteiger partial charge is 0.153 e. The molecule has 0 aromatic heterocycles. The number of rotatable bonds is 7. The maximum Gasteiger partial charge on any atom is 0.153 e. The summed E-state index contributed by atoms with van der Waals surface area (Å²) in [7, 11) is 0. The largest absolute Gasteiger partial charge is 0.492 e. The van der Waals surface area contributed by atoms with Crippen LogP contribution in [-0.2, 0) is 0 Å². The van der Waals surface area contributed by atoms with Gasteiger partial charge in [-0.05, 0) is 25.0 Å². The van der Waals surface area contributed by atoms with Crippen molar-refractivity contribution in [2.45, 2.75) is 31.7 Å². The Hall–Kier alpha value is -1.75. The van der Waals surface area contributed by atoms with Crippen molar-refractivity contribution in [2.24, 2.45) is 10.9 Å². The third-order valence-electron chi connectivity index (χ3n) is 3.73. The molecule has 1 saturated carbocycles. The van der Waals surface area contributed by atoms with Crippen LogP contribution in [0.2, 0.25) is 0 Å². The van der Waals surface area contributed by atoms with Gasteiger partial charge < -0.3 is 15.7 Å². The van der Waals surface area contributed by atoms with Crippen LogP contribution in [0.5, 0.6) is 5.75 Å². The number of hydrogen-bond acceptors (Lipinski definition) is 4. The highest BCUT2D eigenvalue weighted by molar-refractivity contribution is 5.81. The van der Waals surface area contributed by atoms with Crippen molar-refractivity contribution in [3.05, 3.63) is 30.3 Å². The van der Waals surface area contributed by atoms with Gasteiger partial charge in [0.2, 0.25) is 0 Å². The van der Waals surface area contributed by atoms with Gasteiger partial charge in [0, 0.05) is 12.6 Å². The number of benzene rings is 1. The van der Waals surface area contributed by atoms with Crippen LogP contribution in [0.15, 0.2) is 35.5 Å². The van der Waals surface area contributed by atoms with E-state index in [1.165, 1.54) is 25.7 Å². The Kier molecular flexibility index (Phi) is 5.68. The molecule has 3 N–H and O–H groups in total. The second-order valence-electron chi connectivity index (χ2n) is 5.16. The molecule has 0 saturated heterocycles. The summed E-state index contributed by atoms with van der Waals surface area (Å²) in [6.07, 6.45) is 4.89. The van der Waals surface area contributed by atoms with Crippen molar-refractivity contribution in [2.75, 3.05) is 19.7 Å². The fraction of sp³-hybridized carbons (Fsp3) is 0.533. The van der Waals surface area contributed by atoms with E-state index in [2.05, 4.69) is 10.1 Å². The second-order valence-corrected chi connectivity index (χ2v) is 5.16. The van der Waals surface area contributed by atoms with Crippen molar-refractivity contribution >= 4 is 5.84 Å². The quantitative estimate of drug-likeness (QED) is 0.346. The topological polar surface area (TPSA) is 71.1 Å². The van der Waals surface area contributed by atoms with E-state index in [1.54, 1.807) is 0 Å². The van der Waals surface area contributed by atoms with Gasteiger partial charge in [-0.15, -0.1) is 0 Å². The lowest BCUT2D eigenvalue weighted by atomic mass is 10.2. The number of nitrogens with zero attached hydrogens (tertiary/aromatic N) is 2. The van der Waals surface area contributed by atoms with Crippen molar-refractivity contribution in [1.29, 1.82) is 0 Å². The highest BCUT2D eigenvalue weighted by atomic mass is 16.5. The molecular formula is C15H23N3O2. The number of oxime groups is 1. The Morgan fingerprint density at radius 1 is 1.30 bits per heavy atom. The van der Waals surface area contributed by atoms with Gasteiger partial charge in [0.25, 0.3) is 0 Å². The lowest BCUT2D eigenvalue weighted by molar-refractivity contribution is 0.178. The maximum absolute atomic E-state index is 8.73. The average molecular weight is 277 g/mol. The number of nitrogens with two attached hydrogens (primary N) is 1. The Balaban J connectivity index is 1.83. The zero-order chi connectivity index (χ0) is 14.2. The molecule has 0 bridgehead atoms. The van der Waals surface area contributed by atoms with Crippen molar-refractivity contribution in [3.63, 3.8) is 0 Å². The molecule has 0 aliphatic heterocycles. The predicted molar refractivity (Wildman–Crippen MR) is 79.2 cm³/mol. The van der Waals surface area contributed by atoms with Gasteiger partial charge in [-0.25, -0.2) is 0 Å². The summed E-state index contributed by atoms with van der Waals surface area (Å²) >= 11 is 0. The van der Waals surface area contributed by atoms with Gasteiger partial charge in [0.1, 0.15) is 12.4 Å². The van der Waals surface area contributed by atoms with Crippen molar-refractivity contribution in [3.8, 4) is 5.75 Å². The van der Waals surface area contributed by atoms with Gasteiger partial charge in [0.15, 0.2) is 5.84 Å². The predicted octanol–water partition coefficient (Wildman–Crippen LogP) is 2.06. The summed E-state index contributed by atoms with van der Waals surface area (Å²) in [6, 6.07) is 10.3. The third kappa shape index (κ3) is 4.42. The fourth-order valence-electron chi connectivity index (χ4n) is 2.70. The van der Waals surface area contributed by atoms with E-state index < -0.39 is 0 Å². The number of para-hydroxylation sites is 1. The van der Waals surface area contributed by atoms with E-state index >= 15 is 0 Å². The number of hydrogen-bond donors (Lipinski definition) is 2. The first-order valence-electron chi connectivity index (χ1n) is 7.18. The minimum atomic E-state index is 0.261. The molecular weight excluding hydrogens is 254 g/mol. The standard InChI is InChI=1S/C15H23N3O2/c16-15(17-19)12-18(13-6-4-5-7-13)10-11-20-14-8-2-1-3-9-14/h1-3,8-9,13,19H,4-7,10-12H2,(H2,16,17). The lowest BCUT2D eigenvalue weighted by Crippen LogP contribution is -2.42. The minimum absolute atomic E-state index is 0.261. The number of ether oxygens (including phenoxy) is 1. The molecule has 1 aromatic rings.